The first kappa shape index (κ1) is 11.0. The molecule has 0 amide bonds. The van der Waals surface area contributed by atoms with Crippen LogP contribution < -0.4 is 0 Å². The highest BCUT2D eigenvalue weighted by Crippen LogP contribution is 2.32. The van der Waals surface area contributed by atoms with Crippen molar-refractivity contribution in [2.45, 2.75) is 25.7 Å². The predicted octanol–water partition coefficient (Wildman–Crippen LogP) is 4.57. The number of halogens is 1. The second-order valence-electron chi connectivity index (χ2n) is 4.69. The summed E-state index contributed by atoms with van der Waals surface area (Å²) < 4.78 is 6.53. The maximum Gasteiger partial charge on any atom is 0.198 e. The zero-order valence-corrected chi connectivity index (χ0v) is 11.0. The predicted molar refractivity (Wildman–Crippen MR) is 70.2 cm³/mol. The molecule has 1 fully saturated rings. The van der Waals surface area contributed by atoms with Crippen LogP contribution in [0.2, 0.25) is 0 Å². The molecule has 1 aliphatic rings. The number of carbonyl (C=O) groups is 1. The van der Waals surface area contributed by atoms with Crippen molar-refractivity contribution in [3.05, 3.63) is 34.5 Å². The molecule has 2 nitrogen and oxygen atoms in total. The second kappa shape index (κ2) is 4.30. The van der Waals surface area contributed by atoms with Crippen LogP contribution in [-0.2, 0) is 0 Å². The number of carbonyl (C=O) groups excluding carboxylic acids is 1. The fraction of sp³-hybridized carbons (Fsp3) is 0.357. The van der Waals surface area contributed by atoms with Gasteiger partial charge in [0.1, 0.15) is 5.58 Å². The highest BCUT2D eigenvalue weighted by atomic mass is 79.9. The zero-order chi connectivity index (χ0) is 11.8. The summed E-state index contributed by atoms with van der Waals surface area (Å²) in [5.74, 6) is 1.22. The number of para-hydroxylation sites is 1. The summed E-state index contributed by atoms with van der Waals surface area (Å²) in [5, 5.41) is 0.983. The normalized spacial score (nSPS) is 16.1. The van der Waals surface area contributed by atoms with Gasteiger partial charge < -0.3 is 4.42 Å². The summed E-state index contributed by atoms with van der Waals surface area (Å²) in [6.45, 7) is 0. The van der Waals surface area contributed by atoms with Gasteiger partial charge in [-0.3, -0.25) is 4.79 Å². The minimum absolute atomic E-state index is 0.137. The third-order valence-electron chi connectivity index (χ3n) is 3.47. The number of benzene rings is 1. The van der Waals surface area contributed by atoms with E-state index in [1.54, 1.807) is 0 Å². The van der Waals surface area contributed by atoms with Gasteiger partial charge in [-0.2, -0.15) is 0 Å². The number of Topliss-reactive ketones (excluding diaryl/α,β-unsaturated/α-hetero) is 1. The van der Waals surface area contributed by atoms with Crippen LogP contribution >= 0.6 is 15.9 Å². The quantitative estimate of drug-likeness (QED) is 0.776. The van der Waals surface area contributed by atoms with Gasteiger partial charge in [0.25, 0.3) is 0 Å². The van der Waals surface area contributed by atoms with E-state index in [0.29, 0.717) is 18.1 Å². The molecule has 88 valence electrons. The summed E-state index contributed by atoms with van der Waals surface area (Å²) in [5.41, 5.74) is 0.768. The summed E-state index contributed by atoms with van der Waals surface area (Å²) in [7, 11) is 0. The van der Waals surface area contributed by atoms with Crippen LogP contribution in [-0.4, -0.2) is 5.78 Å². The van der Waals surface area contributed by atoms with E-state index in [9.17, 15) is 4.79 Å². The summed E-state index contributed by atoms with van der Waals surface area (Å²) in [4.78, 5) is 12.0. The Hall–Kier alpha value is -1.09. The Kier molecular flexibility index (Phi) is 2.79. The summed E-state index contributed by atoms with van der Waals surface area (Å²) >= 11 is 3.43. The van der Waals surface area contributed by atoms with Crippen molar-refractivity contribution in [2.75, 3.05) is 0 Å². The minimum Gasteiger partial charge on any atom is -0.452 e. The van der Waals surface area contributed by atoms with E-state index >= 15 is 0 Å². The largest absolute Gasteiger partial charge is 0.452 e. The average molecular weight is 293 g/mol. The number of hydrogen-bond acceptors (Lipinski definition) is 2. The van der Waals surface area contributed by atoms with Crippen LogP contribution in [0.4, 0.5) is 0 Å². The van der Waals surface area contributed by atoms with E-state index in [0.717, 1.165) is 15.4 Å². The van der Waals surface area contributed by atoms with Crippen molar-refractivity contribution in [3.63, 3.8) is 0 Å². The molecule has 1 aromatic heterocycles. The molecule has 0 radical (unpaired) electrons. The Morgan fingerprint density at radius 2 is 2.24 bits per heavy atom. The number of ketones is 1. The lowest BCUT2D eigenvalue weighted by Gasteiger charge is -2.23. The van der Waals surface area contributed by atoms with E-state index < -0.39 is 0 Å². The fourth-order valence-electron chi connectivity index (χ4n) is 2.22. The second-order valence-corrected chi connectivity index (χ2v) is 5.55. The highest BCUT2D eigenvalue weighted by molar-refractivity contribution is 9.10. The molecule has 0 N–H and O–H groups in total. The third kappa shape index (κ3) is 2.04. The molecule has 0 atom stereocenters. The maximum absolute atomic E-state index is 12.0. The Labute approximate surface area is 108 Å². The lowest BCUT2D eigenvalue weighted by atomic mass is 9.81. The molecule has 0 saturated heterocycles. The maximum atomic E-state index is 12.0. The fourth-order valence-corrected chi connectivity index (χ4v) is 2.69. The first-order valence-electron chi connectivity index (χ1n) is 5.95. The molecular formula is C14H13BrO2. The SMILES string of the molecule is O=C(CC1CCC1)c1cc2cccc(Br)c2o1. The Balaban J connectivity index is 1.89. The van der Waals surface area contributed by atoms with E-state index in [1.807, 2.05) is 24.3 Å². The summed E-state index contributed by atoms with van der Waals surface area (Å²) in [6, 6.07) is 7.68. The van der Waals surface area contributed by atoms with E-state index in [1.165, 1.54) is 19.3 Å². The van der Waals surface area contributed by atoms with Gasteiger partial charge in [-0.1, -0.05) is 18.6 Å². The van der Waals surface area contributed by atoms with Crippen LogP contribution in [0.15, 0.2) is 33.2 Å². The molecule has 17 heavy (non-hydrogen) atoms. The standard InChI is InChI=1S/C14H13BrO2/c15-11-6-2-5-10-8-13(17-14(10)11)12(16)7-9-3-1-4-9/h2,5-6,8-9H,1,3-4,7H2. The first-order chi connectivity index (χ1) is 8.24. The number of rotatable bonds is 3. The topological polar surface area (TPSA) is 30.2 Å². The number of hydrogen-bond donors (Lipinski definition) is 0. The molecule has 0 aliphatic heterocycles. The molecule has 3 heteroatoms. The Bertz CT molecular complexity index is 567. The Morgan fingerprint density at radius 3 is 2.88 bits per heavy atom. The van der Waals surface area contributed by atoms with Crippen molar-refractivity contribution in [1.82, 2.24) is 0 Å². The van der Waals surface area contributed by atoms with Crippen molar-refractivity contribution >= 4 is 32.7 Å². The van der Waals surface area contributed by atoms with Gasteiger partial charge in [-0.25, -0.2) is 0 Å². The molecule has 2 aromatic rings. The monoisotopic (exact) mass is 292 g/mol. The molecular weight excluding hydrogens is 280 g/mol. The van der Waals surface area contributed by atoms with E-state index in [-0.39, 0.29) is 5.78 Å². The van der Waals surface area contributed by atoms with Crippen molar-refractivity contribution in [2.24, 2.45) is 5.92 Å². The average Bonchev–Trinajstić information content (AvgIpc) is 2.68. The molecule has 0 spiro atoms. The lowest BCUT2D eigenvalue weighted by Crippen LogP contribution is -2.15. The van der Waals surface area contributed by atoms with Crippen LogP contribution in [0.25, 0.3) is 11.0 Å². The Morgan fingerprint density at radius 1 is 1.41 bits per heavy atom. The third-order valence-corrected chi connectivity index (χ3v) is 4.09. The van der Waals surface area contributed by atoms with Crippen molar-refractivity contribution < 1.29 is 9.21 Å². The number of fused-ring (bicyclic) bond motifs is 1. The van der Waals surface area contributed by atoms with Crippen LogP contribution in [0.5, 0.6) is 0 Å². The van der Waals surface area contributed by atoms with Crippen LogP contribution in [0, 0.1) is 5.92 Å². The highest BCUT2D eigenvalue weighted by Gasteiger charge is 2.23. The van der Waals surface area contributed by atoms with Crippen molar-refractivity contribution in [1.29, 1.82) is 0 Å². The molecule has 1 heterocycles. The zero-order valence-electron chi connectivity index (χ0n) is 9.41. The van der Waals surface area contributed by atoms with Gasteiger partial charge >= 0.3 is 0 Å². The van der Waals surface area contributed by atoms with Gasteiger partial charge in [0.05, 0.1) is 4.47 Å². The molecule has 0 bridgehead atoms. The molecule has 1 aromatic carbocycles. The van der Waals surface area contributed by atoms with Crippen molar-refractivity contribution in [3.8, 4) is 0 Å². The molecule has 0 unspecified atom stereocenters. The minimum atomic E-state index is 0.137. The van der Waals surface area contributed by atoms with Gasteiger partial charge in [0.15, 0.2) is 11.5 Å². The summed E-state index contributed by atoms with van der Waals surface area (Å²) in [6.07, 6.45) is 4.28. The number of furan rings is 1. The van der Waals surface area contributed by atoms with Gasteiger partial charge in [0.2, 0.25) is 0 Å². The van der Waals surface area contributed by atoms with Gasteiger partial charge in [0, 0.05) is 11.8 Å². The first-order valence-corrected chi connectivity index (χ1v) is 6.74. The van der Waals surface area contributed by atoms with Crippen LogP contribution in [0.1, 0.15) is 36.2 Å². The van der Waals surface area contributed by atoms with E-state index in [4.69, 9.17) is 4.42 Å². The van der Waals surface area contributed by atoms with E-state index in [2.05, 4.69) is 15.9 Å². The lowest BCUT2D eigenvalue weighted by molar-refractivity contribution is 0.0911. The van der Waals surface area contributed by atoms with Crippen LogP contribution in [0.3, 0.4) is 0 Å². The van der Waals surface area contributed by atoms with Gasteiger partial charge in [-0.05, 0) is 46.8 Å². The molecule has 1 aliphatic carbocycles. The molecule has 3 rings (SSSR count). The van der Waals surface area contributed by atoms with Gasteiger partial charge in [-0.15, -0.1) is 0 Å². The smallest absolute Gasteiger partial charge is 0.198 e. The molecule has 1 saturated carbocycles.